The van der Waals surface area contributed by atoms with Crippen LogP contribution in [0.25, 0.3) is 11.3 Å². The van der Waals surface area contributed by atoms with Gasteiger partial charge >= 0.3 is 5.97 Å². The maximum Gasteiger partial charge on any atom is 0.317 e. The van der Waals surface area contributed by atoms with E-state index in [9.17, 15) is 9.90 Å². The number of carbonyl (C=O) groups is 1. The largest absolute Gasteiger partial charge is 0.480 e. The molecule has 0 aliphatic heterocycles. The Morgan fingerprint density at radius 1 is 1.30 bits per heavy atom. The number of hydrogen-bond acceptors (Lipinski definition) is 3. The fraction of sp³-hybridized carbons (Fsp3) is 0.312. The average Bonchev–Trinajstić information content (AvgIpc) is 2.37. The predicted octanol–water partition coefficient (Wildman–Crippen LogP) is 2.96. The van der Waals surface area contributed by atoms with Gasteiger partial charge in [-0.2, -0.15) is 0 Å². The molecule has 20 heavy (non-hydrogen) atoms. The zero-order chi connectivity index (χ0) is 14.2. The van der Waals surface area contributed by atoms with E-state index < -0.39 is 11.4 Å². The zero-order valence-electron chi connectivity index (χ0n) is 11.3. The second-order valence-electron chi connectivity index (χ2n) is 5.38. The van der Waals surface area contributed by atoms with E-state index in [1.165, 1.54) is 0 Å². The number of carboxylic acids is 1. The Morgan fingerprint density at radius 2 is 2.10 bits per heavy atom. The second kappa shape index (κ2) is 4.71. The van der Waals surface area contributed by atoms with E-state index >= 15 is 0 Å². The number of aryl methyl sites for hydroxylation is 1. The molecule has 0 saturated heterocycles. The molecule has 4 heteroatoms. The van der Waals surface area contributed by atoms with Crippen LogP contribution in [0.15, 0.2) is 36.5 Å². The molecule has 0 bridgehead atoms. The first-order valence-electron chi connectivity index (χ1n) is 6.76. The third-order valence-electron chi connectivity index (χ3n) is 4.01. The highest BCUT2D eigenvalue weighted by atomic mass is 16.4. The fourth-order valence-corrected chi connectivity index (χ4v) is 2.62. The lowest BCUT2D eigenvalue weighted by Crippen LogP contribution is -2.43. The van der Waals surface area contributed by atoms with Crippen LogP contribution >= 0.6 is 0 Å². The lowest BCUT2D eigenvalue weighted by Gasteiger charge is -2.35. The highest BCUT2D eigenvalue weighted by Crippen LogP contribution is 2.42. The Hall–Kier alpha value is -2.23. The first-order chi connectivity index (χ1) is 9.62. The number of aliphatic carboxylic acids is 1. The lowest BCUT2D eigenvalue weighted by atomic mass is 9.68. The first kappa shape index (κ1) is 12.8. The van der Waals surface area contributed by atoms with Gasteiger partial charge in [-0.25, -0.2) is 9.97 Å². The predicted molar refractivity (Wildman–Crippen MR) is 75.4 cm³/mol. The molecule has 0 amide bonds. The van der Waals surface area contributed by atoms with Crippen molar-refractivity contribution >= 4 is 5.97 Å². The molecule has 1 saturated carbocycles. The number of aromatic nitrogens is 2. The maximum absolute atomic E-state index is 11.5. The molecule has 0 spiro atoms. The van der Waals surface area contributed by atoms with E-state index in [4.69, 9.17) is 0 Å². The van der Waals surface area contributed by atoms with Crippen molar-refractivity contribution in [3.8, 4) is 11.3 Å². The van der Waals surface area contributed by atoms with Crippen LogP contribution in [-0.2, 0) is 10.2 Å². The van der Waals surface area contributed by atoms with E-state index in [1.54, 1.807) is 6.20 Å². The summed E-state index contributed by atoms with van der Waals surface area (Å²) in [5.41, 5.74) is 2.05. The highest BCUT2D eigenvalue weighted by molar-refractivity contribution is 5.81. The van der Waals surface area contributed by atoms with Gasteiger partial charge in [-0.3, -0.25) is 4.79 Å². The van der Waals surface area contributed by atoms with Crippen LogP contribution in [-0.4, -0.2) is 21.0 Å². The number of carboxylic acid groups (broad SMARTS) is 1. The third-order valence-corrected chi connectivity index (χ3v) is 4.01. The van der Waals surface area contributed by atoms with E-state index in [0.717, 1.165) is 23.2 Å². The standard InChI is InChI=1S/C16H16N2O2/c1-11-4-2-5-12(10-11)13-6-9-17-14(18-13)16(15(19)20)7-3-8-16/h2,4-6,9-10H,3,7-8H2,1H3,(H,19,20). The van der Waals surface area contributed by atoms with Gasteiger partial charge in [0.25, 0.3) is 0 Å². The molecule has 1 aromatic carbocycles. The molecule has 1 N–H and O–H groups in total. The molecule has 1 aromatic heterocycles. The summed E-state index contributed by atoms with van der Waals surface area (Å²) in [7, 11) is 0. The summed E-state index contributed by atoms with van der Waals surface area (Å²) >= 11 is 0. The molecule has 4 nitrogen and oxygen atoms in total. The van der Waals surface area contributed by atoms with Crippen molar-refractivity contribution in [3.63, 3.8) is 0 Å². The summed E-state index contributed by atoms with van der Waals surface area (Å²) in [5.74, 6) is -0.375. The topological polar surface area (TPSA) is 63.1 Å². The quantitative estimate of drug-likeness (QED) is 0.929. The summed E-state index contributed by atoms with van der Waals surface area (Å²) in [6, 6.07) is 9.85. The van der Waals surface area contributed by atoms with Gasteiger partial charge in [0.2, 0.25) is 0 Å². The van der Waals surface area contributed by atoms with Crippen LogP contribution in [0.4, 0.5) is 0 Å². The van der Waals surface area contributed by atoms with Crippen LogP contribution in [0.2, 0.25) is 0 Å². The van der Waals surface area contributed by atoms with Gasteiger partial charge in [0, 0.05) is 11.8 Å². The summed E-state index contributed by atoms with van der Waals surface area (Å²) in [6.07, 6.45) is 3.83. The van der Waals surface area contributed by atoms with Crippen LogP contribution in [0.1, 0.15) is 30.7 Å². The molecular formula is C16H16N2O2. The Bertz CT molecular complexity index is 663. The van der Waals surface area contributed by atoms with Crippen molar-refractivity contribution in [2.24, 2.45) is 0 Å². The van der Waals surface area contributed by atoms with Gasteiger partial charge in [0.15, 0.2) is 0 Å². The molecule has 1 fully saturated rings. The van der Waals surface area contributed by atoms with Crippen molar-refractivity contribution in [1.82, 2.24) is 9.97 Å². The van der Waals surface area contributed by atoms with Gasteiger partial charge < -0.3 is 5.11 Å². The summed E-state index contributed by atoms with van der Waals surface area (Å²) in [6.45, 7) is 2.02. The van der Waals surface area contributed by atoms with Crippen molar-refractivity contribution in [1.29, 1.82) is 0 Å². The van der Waals surface area contributed by atoms with Gasteiger partial charge in [0.05, 0.1) is 5.69 Å². The average molecular weight is 268 g/mol. The molecular weight excluding hydrogens is 252 g/mol. The molecule has 1 aliphatic rings. The number of nitrogens with zero attached hydrogens (tertiary/aromatic N) is 2. The minimum atomic E-state index is -0.875. The van der Waals surface area contributed by atoms with Crippen LogP contribution in [0.5, 0.6) is 0 Å². The molecule has 102 valence electrons. The van der Waals surface area contributed by atoms with Crippen LogP contribution < -0.4 is 0 Å². The SMILES string of the molecule is Cc1cccc(-c2ccnc(C3(C(=O)O)CCC3)n2)c1. The Balaban J connectivity index is 2.04. The monoisotopic (exact) mass is 268 g/mol. The van der Waals surface area contributed by atoms with Crippen molar-refractivity contribution in [2.45, 2.75) is 31.6 Å². The first-order valence-corrected chi connectivity index (χ1v) is 6.76. The maximum atomic E-state index is 11.5. The molecule has 1 heterocycles. The summed E-state index contributed by atoms with van der Waals surface area (Å²) in [5, 5.41) is 9.46. The number of rotatable bonds is 3. The Kier molecular flexibility index (Phi) is 3.01. The molecule has 2 aromatic rings. The normalized spacial score (nSPS) is 16.4. The molecule has 0 atom stereocenters. The van der Waals surface area contributed by atoms with Crippen LogP contribution in [0, 0.1) is 6.92 Å². The molecule has 3 rings (SSSR count). The highest BCUT2D eigenvalue weighted by Gasteiger charge is 2.48. The van der Waals surface area contributed by atoms with Gasteiger partial charge in [0.1, 0.15) is 11.2 Å². The minimum absolute atomic E-state index is 0.440. The van der Waals surface area contributed by atoms with Gasteiger partial charge in [-0.1, -0.05) is 30.2 Å². The van der Waals surface area contributed by atoms with E-state index in [0.29, 0.717) is 18.7 Å². The molecule has 0 radical (unpaired) electrons. The van der Waals surface area contributed by atoms with Crippen molar-refractivity contribution < 1.29 is 9.90 Å². The van der Waals surface area contributed by atoms with Gasteiger partial charge in [-0.05, 0) is 31.9 Å². The number of hydrogen-bond donors (Lipinski definition) is 1. The van der Waals surface area contributed by atoms with Crippen molar-refractivity contribution in [3.05, 3.63) is 47.9 Å². The molecule has 1 aliphatic carbocycles. The molecule has 0 unspecified atom stereocenters. The second-order valence-corrected chi connectivity index (χ2v) is 5.38. The summed E-state index contributed by atoms with van der Waals surface area (Å²) < 4.78 is 0. The Morgan fingerprint density at radius 3 is 2.70 bits per heavy atom. The van der Waals surface area contributed by atoms with Crippen LogP contribution in [0.3, 0.4) is 0 Å². The van der Waals surface area contributed by atoms with Gasteiger partial charge in [-0.15, -0.1) is 0 Å². The van der Waals surface area contributed by atoms with E-state index in [-0.39, 0.29) is 0 Å². The fourth-order valence-electron chi connectivity index (χ4n) is 2.62. The smallest absolute Gasteiger partial charge is 0.317 e. The zero-order valence-corrected chi connectivity index (χ0v) is 11.3. The minimum Gasteiger partial charge on any atom is -0.480 e. The summed E-state index contributed by atoms with van der Waals surface area (Å²) in [4.78, 5) is 20.2. The third kappa shape index (κ3) is 1.97. The lowest BCUT2D eigenvalue weighted by molar-refractivity contribution is -0.147. The Labute approximate surface area is 117 Å². The van der Waals surface area contributed by atoms with Crippen molar-refractivity contribution in [2.75, 3.05) is 0 Å². The van der Waals surface area contributed by atoms with E-state index in [2.05, 4.69) is 9.97 Å². The van der Waals surface area contributed by atoms with E-state index in [1.807, 2.05) is 37.3 Å². The number of benzene rings is 1.